The van der Waals surface area contributed by atoms with E-state index in [1.807, 2.05) is 24.5 Å². The quantitative estimate of drug-likeness (QED) is 0.580. The van der Waals surface area contributed by atoms with Gasteiger partial charge in [-0.3, -0.25) is 4.68 Å². The monoisotopic (exact) mass is 382 g/mol. The molecule has 4 rings (SSSR count). The first-order valence-electron chi connectivity index (χ1n) is 7.20. The molecule has 0 aliphatic carbocycles. The largest absolute Gasteiger partial charge is 0.466 e. The number of nitrogens with one attached hydrogen (secondary N) is 1. The van der Waals surface area contributed by atoms with Gasteiger partial charge in [0.25, 0.3) is 0 Å². The topological polar surface area (TPSA) is 96.3 Å². The van der Waals surface area contributed by atoms with Gasteiger partial charge >= 0.3 is 0 Å². The molecule has 0 saturated heterocycles. The lowest BCUT2D eigenvalue weighted by Gasteiger charge is -2.11. The molecule has 24 heavy (non-hydrogen) atoms. The maximum absolute atomic E-state index is 9.13. The Morgan fingerprint density at radius 1 is 1.42 bits per heavy atom. The van der Waals surface area contributed by atoms with E-state index in [1.165, 1.54) is 6.33 Å². The third kappa shape index (κ3) is 2.49. The molecule has 0 amide bonds. The zero-order valence-electron chi connectivity index (χ0n) is 12.3. The molecule has 0 aliphatic heterocycles. The van der Waals surface area contributed by atoms with Crippen molar-refractivity contribution in [2.24, 2.45) is 0 Å². The number of rotatable bonds is 4. The molecule has 4 aromatic heterocycles. The number of nitrogens with zero attached hydrogens (tertiary/aromatic N) is 5. The van der Waals surface area contributed by atoms with E-state index in [-0.39, 0.29) is 12.5 Å². The third-order valence-corrected chi connectivity index (χ3v) is 4.16. The highest BCUT2D eigenvalue weighted by atomic mass is 79.9. The van der Waals surface area contributed by atoms with Gasteiger partial charge in [-0.1, -0.05) is 0 Å². The predicted molar refractivity (Wildman–Crippen MR) is 89.9 cm³/mol. The normalized spacial score (nSPS) is 12.3. The Bertz CT molecular complexity index is 1040. The smallest absolute Gasteiger partial charge is 0.141 e. The molecule has 0 aromatic carbocycles. The van der Waals surface area contributed by atoms with E-state index in [0.717, 1.165) is 26.8 Å². The number of fused-ring (bicyclic) bond motifs is 1. The van der Waals surface area contributed by atoms with Crippen LogP contribution in [0.15, 0.2) is 52.2 Å². The highest BCUT2D eigenvalue weighted by molar-refractivity contribution is 9.10. The summed E-state index contributed by atoms with van der Waals surface area (Å²) in [4.78, 5) is 11.6. The van der Waals surface area contributed by atoms with Gasteiger partial charge < -0.3 is 9.40 Å². The van der Waals surface area contributed by atoms with Crippen LogP contribution in [0.5, 0.6) is 0 Å². The second kappa shape index (κ2) is 5.94. The Labute approximate surface area is 145 Å². The van der Waals surface area contributed by atoms with E-state index < -0.39 is 0 Å². The first kappa shape index (κ1) is 14.7. The van der Waals surface area contributed by atoms with Gasteiger partial charge in [-0.05, 0) is 28.1 Å². The van der Waals surface area contributed by atoms with Crippen molar-refractivity contribution < 1.29 is 4.42 Å². The fourth-order valence-corrected chi connectivity index (χ4v) is 2.97. The van der Waals surface area contributed by atoms with Crippen molar-refractivity contribution in [2.45, 2.75) is 12.5 Å². The molecule has 0 bridgehead atoms. The molecule has 0 radical (unpaired) electrons. The number of halogens is 1. The van der Waals surface area contributed by atoms with Crippen LogP contribution in [0.25, 0.3) is 22.3 Å². The Morgan fingerprint density at radius 2 is 2.33 bits per heavy atom. The van der Waals surface area contributed by atoms with Crippen LogP contribution < -0.4 is 0 Å². The summed E-state index contributed by atoms with van der Waals surface area (Å²) < 4.78 is 8.07. The van der Waals surface area contributed by atoms with Gasteiger partial charge in [-0.25, -0.2) is 9.97 Å². The van der Waals surface area contributed by atoms with Crippen LogP contribution in [-0.4, -0.2) is 24.7 Å². The van der Waals surface area contributed by atoms with Crippen LogP contribution in [0.1, 0.15) is 18.2 Å². The van der Waals surface area contributed by atoms with Crippen LogP contribution in [0, 0.1) is 11.3 Å². The zero-order chi connectivity index (χ0) is 16.5. The van der Waals surface area contributed by atoms with Gasteiger partial charge in [0, 0.05) is 23.3 Å². The van der Waals surface area contributed by atoms with Crippen LogP contribution in [0.2, 0.25) is 0 Å². The van der Waals surface area contributed by atoms with E-state index in [2.05, 4.69) is 42.0 Å². The van der Waals surface area contributed by atoms with Crippen molar-refractivity contribution in [2.75, 3.05) is 0 Å². The summed E-state index contributed by atoms with van der Waals surface area (Å²) in [6, 6.07) is 5.66. The molecule has 4 aromatic rings. The summed E-state index contributed by atoms with van der Waals surface area (Å²) >= 11 is 3.36. The van der Waals surface area contributed by atoms with Crippen LogP contribution in [-0.2, 0) is 0 Å². The van der Waals surface area contributed by atoms with Crippen LogP contribution in [0.3, 0.4) is 0 Å². The van der Waals surface area contributed by atoms with Crippen molar-refractivity contribution in [1.29, 1.82) is 5.26 Å². The van der Waals surface area contributed by atoms with Gasteiger partial charge in [0.2, 0.25) is 0 Å². The Kier molecular flexibility index (Phi) is 3.63. The molecular weight excluding hydrogens is 372 g/mol. The van der Waals surface area contributed by atoms with E-state index >= 15 is 0 Å². The first-order chi connectivity index (χ1) is 11.8. The van der Waals surface area contributed by atoms with E-state index in [0.29, 0.717) is 5.76 Å². The lowest BCUT2D eigenvalue weighted by Crippen LogP contribution is -2.09. The molecule has 1 atom stereocenters. The fourth-order valence-electron chi connectivity index (χ4n) is 2.65. The summed E-state index contributed by atoms with van der Waals surface area (Å²) in [5.41, 5.74) is 2.43. The summed E-state index contributed by atoms with van der Waals surface area (Å²) in [5, 5.41) is 14.5. The SMILES string of the molecule is N#CCC(c1cc(Br)co1)n1cc(-c2ncnc3[nH]ccc23)cn1. The summed E-state index contributed by atoms with van der Waals surface area (Å²) in [5.74, 6) is 0.674. The van der Waals surface area contributed by atoms with Crippen molar-refractivity contribution >= 4 is 27.0 Å². The molecule has 8 heteroatoms. The van der Waals surface area contributed by atoms with Crippen molar-refractivity contribution in [1.82, 2.24) is 24.7 Å². The number of aromatic nitrogens is 5. The van der Waals surface area contributed by atoms with Gasteiger partial charge in [-0.15, -0.1) is 0 Å². The van der Waals surface area contributed by atoms with Crippen molar-refractivity contribution in [3.63, 3.8) is 0 Å². The highest BCUT2D eigenvalue weighted by Gasteiger charge is 2.20. The predicted octanol–water partition coefficient (Wildman–Crippen LogP) is 3.68. The molecule has 118 valence electrons. The van der Waals surface area contributed by atoms with E-state index in [4.69, 9.17) is 9.68 Å². The standard InChI is InChI=1S/C16H11BrN6O/c17-11-5-14(24-8-11)13(1-3-18)23-7-10(6-22-23)15-12-2-4-19-16(12)21-9-20-15/h2,4-9,13H,1H2,(H,19,20,21). The number of hydrogen-bond donors (Lipinski definition) is 1. The number of aromatic amines is 1. The minimum atomic E-state index is -0.293. The van der Waals surface area contributed by atoms with Gasteiger partial charge in [0.1, 0.15) is 30.0 Å². The lowest BCUT2D eigenvalue weighted by molar-refractivity contribution is 0.409. The molecule has 4 heterocycles. The Balaban J connectivity index is 1.76. The molecule has 0 aliphatic rings. The zero-order valence-corrected chi connectivity index (χ0v) is 13.9. The van der Waals surface area contributed by atoms with Gasteiger partial charge in [0.05, 0.1) is 28.9 Å². The lowest BCUT2D eigenvalue weighted by atomic mass is 10.1. The number of hydrogen-bond acceptors (Lipinski definition) is 5. The summed E-state index contributed by atoms with van der Waals surface area (Å²) in [6.07, 6.45) is 8.79. The Morgan fingerprint density at radius 3 is 3.12 bits per heavy atom. The maximum Gasteiger partial charge on any atom is 0.141 e. The first-order valence-corrected chi connectivity index (χ1v) is 7.99. The van der Waals surface area contributed by atoms with Crippen LogP contribution >= 0.6 is 15.9 Å². The number of nitriles is 1. The average Bonchev–Trinajstić information content (AvgIpc) is 3.32. The van der Waals surface area contributed by atoms with Crippen molar-refractivity contribution in [3.8, 4) is 17.3 Å². The number of H-pyrrole nitrogens is 1. The summed E-state index contributed by atoms with van der Waals surface area (Å²) in [7, 11) is 0. The summed E-state index contributed by atoms with van der Waals surface area (Å²) in [6.45, 7) is 0. The van der Waals surface area contributed by atoms with E-state index in [9.17, 15) is 0 Å². The molecule has 0 saturated carbocycles. The highest BCUT2D eigenvalue weighted by Crippen LogP contribution is 2.29. The molecule has 0 fully saturated rings. The minimum absolute atomic E-state index is 0.254. The second-order valence-electron chi connectivity index (χ2n) is 5.22. The number of furan rings is 1. The molecule has 1 N–H and O–H groups in total. The van der Waals surface area contributed by atoms with Gasteiger partial charge in [-0.2, -0.15) is 10.4 Å². The average molecular weight is 383 g/mol. The molecular formula is C16H11BrN6O. The van der Waals surface area contributed by atoms with E-state index in [1.54, 1.807) is 17.1 Å². The maximum atomic E-state index is 9.13. The third-order valence-electron chi connectivity index (χ3n) is 3.75. The fraction of sp³-hybridized carbons (Fsp3) is 0.125. The van der Waals surface area contributed by atoms with Crippen molar-refractivity contribution in [3.05, 3.63) is 53.5 Å². The van der Waals surface area contributed by atoms with Gasteiger partial charge in [0.15, 0.2) is 0 Å². The van der Waals surface area contributed by atoms with Crippen LogP contribution in [0.4, 0.5) is 0 Å². The second-order valence-corrected chi connectivity index (χ2v) is 6.13. The minimum Gasteiger partial charge on any atom is -0.466 e. The molecule has 1 unspecified atom stereocenters. The molecule has 7 nitrogen and oxygen atoms in total. The molecule has 0 spiro atoms. The Hall–Kier alpha value is -2.92.